The molecule has 2 aromatic rings. The van der Waals surface area contributed by atoms with Crippen molar-refractivity contribution in [3.05, 3.63) is 36.8 Å². The van der Waals surface area contributed by atoms with Crippen molar-refractivity contribution < 1.29 is 4.79 Å². The highest BCUT2D eigenvalue weighted by atomic mass is 16.2. The number of imidazole rings is 1. The Morgan fingerprint density at radius 1 is 1.42 bits per heavy atom. The first-order valence-corrected chi connectivity index (χ1v) is 6.36. The van der Waals surface area contributed by atoms with Crippen LogP contribution in [0.1, 0.15) is 19.8 Å². The molecule has 0 aliphatic rings. The Hall–Kier alpha value is -2.14. The van der Waals surface area contributed by atoms with Crippen LogP contribution in [0.15, 0.2) is 36.8 Å². The Balaban J connectivity index is 2.01. The van der Waals surface area contributed by atoms with Gasteiger partial charge in [0, 0.05) is 5.69 Å². The molecule has 0 fully saturated rings. The summed E-state index contributed by atoms with van der Waals surface area (Å²) in [5.74, 6) is -0.142. The van der Waals surface area contributed by atoms with Crippen molar-refractivity contribution in [2.24, 2.45) is 5.73 Å². The average Bonchev–Trinajstić information content (AvgIpc) is 2.94. The molecule has 0 saturated carbocycles. The van der Waals surface area contributed by atoms with Gasteiger partial charge >= 0.3 is 0 Å². The number of H-pyrrole nitrogens is 1. The van der Waals surface area contributed by atoms with E-state index in [9.17, 15) is 4.79 Å². The van der Waals surface area contributed by atoms with Gasteiger partial charge in [0.1, 0.15) is 0 Å². The summed E-state index contributed by atoms with van der Waals surface area (Å²) in [6.07, 6.45) is 4.98. The second-order valence-corrected chi connectivity index (χ2v) is 4.43. The van der Waals surface area contributed by atoms with Gasteiger partial charge in [-0.15, -0.1) is 0 Å². The summed E-state index contributed by atoms with van der Waals surface area (Å²) in [5, 5.41) is 2.81. The standard InChI is InChI=1S/C14H18N4O/c1-2-3-12(15)14(19)18-11-6-4-10(5-7-11)13-8-16-9-17-13/h4-9,12H,2-3,15H2,1H3,(H,16,17)(H,18,19)/t12-/m0/s1. The van der Waals surface area contributed by atoms with Crippen LogP contribution in [-0.2, 0) is 4.79 Å². The zero-order valence-electron chi connectivity index (χ0n) is 10.9. The maximum atomic E-state index is 11.8. The molecule has 19 heavy (non-hydrogen) atoms. The number of nitrogens with zero attached hydrogens (tertiary/aromatic N) is 1. The third-order valence-electron chi connectivity index (χ3n) is 2.90. The molecule has 0 unspecified atom stereocenters. The Labute approximate surface area is 112 Å². The fourth-order valence-corrected chi connectivity index (χ4v) is 1.82. The maximum absolute atomic E-state index is 11.8. The third-order valence-corrected chi connectivity index (χ3v) is 2.90. The minimum atomic E-state index is -0.447. The Kier molecular flexibility index (Phi) is 4.30. The number of hydrogen-bond acceptors (Lipinski definition) is 3. The Morgan fingerprint density at radius 3 is 2.74 bits per heavy atom. The molecule has 100 valence electrons. The number of amides is 1. The largest absolute Gasteiger partial charge is 0.345 e. The van der Waals surface area contributed by atoms with Gasteiger partial charge in [-0.25, -0.2) is 4.98 Å². The second kappa shape index (κ2) is 6.15. The van der Waals surface area contributed by atoms with Crippen molar-refractivity contribution in [1.82, 2.24) is 9.97 Å². The van der Waals surface area contributed by atoms with Gasteiger partial charge in [-0.2, -0.15) is 0 Å². The number of aromatic nitrogens is 2. The number of benzene rings is 1. The molecule has 0 radical (unpaired) electrons. The van der Waals surface area contributed by atoms with E-state index in [1.807, 2.05) is 31.2 Å². The van der Waals surface area contributed by atoms with Crippen LogP contribution in [0.25, 0.3) is 11.3 Å². The highest BCUT2D eigenvalue weighted by Crippen LogP contribution is 2.18. The van der Waals surface area contributed by atoms with Gasteiger partial charge in [0.2, 0.25) is 5.91 Å². The summed E-state index contributed by atoms with van der Waals surface area (Å²) in [4.78, 5) is 18.8. The number of aromatic amines is 1. The monoisotopic (exact) mass is 258 g/mol. The predicted molar refractivity (Wildman–Crippen MR) is 75.5 cm³/mol. The van der Waals surface area contributed by atoms with E-state index in [-0.39, 0.29) is 5.91 Å². The smallest absolute Gasteiger partial charge is 0.241 e. The average molecular weight is 258 g/mol. The van der Waals surface area contributed by atoms with E-state index in [0.717, 1.165) is 23.4 Å². The Morgan fingerprint density at radius 2 is 2.16 bits per heavy atom. The van der Waals surface area contributed by atoms with Gasteiger partial charge in [0.15, 0.2) is 0 Å². The van der Waals surface area contributed by atoms with Crippen LogP contribution in [0.5, 0.6) is 0 Å². The van der Waals surface area contributed by atoms with Crippen LogP contribution in [0.2, 0.25) is 0 Å². The fourth-order valence-electron chi connectivity index (χ4n) is 1.82. The zero-order valence-corrected chi connectivity index (χ0v) is 10.9. The van der Waals surface area contributed by atoms with E-state index >= 15 is 0 Å². The summed E-state index contributed by atoms with van der Waals surface area (Å²) < 4.78 is 0. The second-order valence-electron chi connectivity index (χ2n) is 4.43. The first kappa shape index (κ1) is 13.3. The molecular formula is C14H18N4O. The van der Waals surface area contributed by atoms with E-state index in [1.54, 1.807) is 12.5 Å². The van der Waals surface area contributed by atoms with E-state index in [2.05, 4.69) is 15.3 Å². The predicted octanol–water partition coefficient (Wildman–Crippen LogP) is 2.14. The van der Waals surface area contributed by atoms with Gasteiger partial charge in [-0.1, -0.05) is 25.5 Å². The minimum absolute atomic E-state index is 0.142. The lowest BCUT2D eigenvalue weighted by Gasteiger charge is -2.11. The topological polar surface area (TPSA) is 83.8 Å². The van der Waals surface area contributed by atoms with Crippen LogP contribution in [0, 0.1) is 0 Å². The number of carbonyl (C=O) groups is 1. The summed E-state index contributed by atoms with van der Waals surface area (Å²) in [5.41, 5.74) is 8.47. The minimum Gasteiger partial charge on any atom is -0.345 e. The van der Waals surface area contributed by atoms with E-state index in [4.69, 9.17) is 5.73 Å². The molecule has 0 aliphatic carbocycles. The molecule has 1 amide bonds. The molecule has 2 rings (SSSR count). The molecule has 1 aromatic carbocycles. The van der Waals surface area contributed by atoms with Crippen LogP contribution in [0.3, 0.4) is 0 Å². The van der Waals surface area contributed by atoms with Gasteiger partial charge in [0.05, 0.1) is 24.3 Å². The van der Waals surface area contributed by atoms with Gasteiger partial charge in [0.25, 0.3) is 0 Å². The molecular weight excluding hydrogens is 240 g/mol. The molecule has 1 atom stereocenters. The van der Waals surface area contributed by atoms with Crippen LogP contribution in [-0.4, -0.2) is 21.9 Å². The number of hydrogen-bond donors (Lipinski definition) is 3. The van der Waals surface area contributed by atoms with Gasteiger partial charge < -0.3 is 16.0 Å². The van der Waals surface area contributed by atoms with Crippen molar-refractivity contribution in [2.75, 3.05) is 5.32 Å². The first-order chi connectivity index (χ1) is 9.20. The summed E-state index contributed by atoms with van der Waals surface area (Å²) in [7, 11) is 0. The molecule has 1 heterocycles. The molecule has 1 aromatic heterocycles. The molecule has 5 nitrogen and oxygen atoms in total. The van der Waals surface area contributed by atoms with Crippen molar-refractivity contribution in [3.8, 4) is 11.3 Å². The van der Waals surface area contributed by atoms with Crippen molar-refractivity contribution in [1.29, 1.82) is 0 Å². The van der Waals surface area contributed by atoms with E-state index in [0.29, 0.717) is 6.42 Å². The lowest BCUT2D eigenvalue weighted by Crippen LogP contribution is -2.35. The van der Waals surface area contributed by atoms with Crippen LogP contribution in [0.4, 0.5) is 5.69 Å². The van der Waals surface area contributed by atoms with Gasteiger partial charge in [-0.3, -0.25) is 4.79 Å². The van der Waals surface area contributed by atoms with E-state index in [1.165, 1.54) is 0 Å². The SMILES string of the molecule is CCC[C@H](N)C(=O)Nc1ccc(-c2cnc[nH]2)cc1. The number of nitrogens with two attached hydrogens (primary N) is 1. The highest BCUT2D eigenvalue weighted by molar-refractivity contribution is 5.94. The van der Waals surface area contributed by atoms with E-state index < -0.39 is 6.04 Å². The molecule has 5 heteroatoms. The highest BCUT2D eigenvalue weighted by Gasteiger charge is 2.12. The number of nitrogens with one attached hydrogen (secondary N) is 2. The van der Waals surface area contributed by atoms with Crippen LogP contribution >= 0.6 is 0 Å². The summed E-state index contributed by atoms with van der Waals surface area (Å²) in [6.45, 7) is 2.01. The summed E-state index contributed by atoms with van der Waals surface area (Å²) >= 11 is 0. The summed E-state index contributed by atoms with van der Waals surface area (Å²) in [6, 6.07) is 7.11. The lowest BCUT2D eigenvalue weighted by atomic mass is 10.1. The van der Waals surface area contributed by atoms with Crippen molar-refractivity contribution >= 4 is 11.6 Å². The molecule has 0 aliphatic heterocycles. The number of rotatable bonds is 5. The first-order valence-electron chi connectivity index (χ1n) is 6.36. The quantitative estimate of drug-likeness (QED) is 0.768. The number of carbonyl (C=O) groups excluding carboxylic acids is 1. The normalized spacial score (nSPS) is 12.1. The zero-order chi connectivity index (χ0) is 13.7. The number of anilines is 1. The molecule has 0 bridgehead atoms. The fraction of sp³-hybridized carbons (Fsp3) is 0.286. The van der Waals surface area contributed by atoms with Crippen molar-refractivity contribution in [3.63, 3.8) is 0 Å². The molecule has 0 spiro atoms. The third kappa shape index (κ3) is 3.42. The molecule has 4 N–H and O–H groups in total. The van der Waals surface area contributed by atoms with Gasteiger partial charge in [-0.05, 0) is 24.1 Å². The molecule has 0 saturated heterocycles. The lowest BCUT2D eigenvalue weighted by molar-refractivity contribution is -0.117. The maximum Gasteiger partial charge on any atom is 0.241 e. The Bertz CT molecular complexity index is 519. The van der Waals surface area contributed by atoms with Crippen LogP contribution < -0.4 is 11.1 Å². The van der Waals surface area contributed by atoms with Crippen molar-refractivity contribution in [2.45, 2.75) is 25.8 Å².